The minimum atomic E-state index is -3.40. The van der Waals surface area contributed by atoms with Gasteiger partial charge in [-0.1, -0.05) is 18.6 Å². The normalized spacial score (nSPS) is 17.5. The largest absolute Gasteiger partial charge is 0.357 e. The molecule has 0 bridgehead atoms. The van der Waals surface area contributed by atoms with Crippen molar-refractivity contribution in [2.45, 2.75) is 50.5 Å². The Morgan fingerprint density at radius 2 is 1.68 bits per heavy atom. The van der Waals surface area contributed by atoms with Gasteiger partial charge in [0.15, 0.2) is 5.96 Å². The molecule has 2 aliphatic rings. The lowest BCUT2D eigenvalue weighted by atomic mass is 10.2. The highest BCUT2D eigenvalue weighted by Crippen LogP contribution is 2.28. The van der Waals surface area contributed by atoms with Crippen LogP contribution in [0.4, 0.5) is 0 Å². The number of carbonyl (C=O) groups is 1. The molecule has 0 unspecified atom stereocenters. The number of benzene rings is 1. The van der Waals surface area contributed by atoms with E-state index in [4.69, 9.17) is 0 Å². The van der Waals surface area contributed by atoms with Gasteiger partial charge in [0.2, 0.25) is 15.9 Å². The zero-order chi connectivity index (χ0) is 21.4. The highest BCUT2D eigenvalue weighted by molar-refractivity contribution is 14.0. The summed E-state index contributed by atoms with van der Waals surface area (Å²) in [6, 6.07) is 6.98. The lowest BCUT2D eigenvalue weighted by Crippen LogP contribution is -2.41. The molecule has 0 aromatic heterocycles. The number of sulfonamides is 1. The highest BCUT2D eigenvalue weighted by atomic mass is 127. The molecular weight excluding hydrogens is 529 g/mol. The molecule has 1 aromatic rings. The summed E-state index contributed by atoms with van der Waals surface area (Å²) in [5.41, 5.74) is 0.937. The predicted octanol–water partition coefficient (Wildman–Crippen LogP) is 2.06. The van der Waals surface area contributed by atoms with Crippen LogP contribution in [0.1, 0.15) is 44.6 Å². The quantitative estimate of drug-likeness (QED) is 0.185. The van der Waals surface area contributed by atoms with Crippen molar-refractivity contribution < 1.29 is 13.2 Å². The van der Waals surface area contributed by atoms with E-state index >= 15 is 0 Å². The van der Waals surface area contributed by atoms with Crippen LogP contribution in [0.5, 0.6) is 0 Å². The Morgan fingerprint density at radius 1 is 1.03 bits per heavy atom. The van der Waals surface area contributed by atoms with Crippen molar-refractivity contribution in [2.24, 2.45) is 10.9 Å². The van der Waals surface area contributed by atoms with Gasteiger partial charge in [0, 0.05) is 38.6 Å². The van der Waals surface area contributed by atoms with Gasteiger partial charge in [-0.3, -0.25) is 4.79 Å². The number of guanidine groups is 1. The van der Waals surface area contributed by atoms with Crippen molar-refractivity contribution in [3.8, 4) is 0 Å². The maximum Gasteiger partial charge on any atom is 0.243 e. The van der Waals surface area contributed by atoms with Crippen LogP contribution < -0.4 is 16.0 Å². The smallest absolute Gasteiger partial charge is 0.243 e. The standard InChI is InChI=1S/C21H33N5O3S.HI/c1-2-22-21(24-13-12-23-20(27)18-8-9-18)25-16-17-6-10-19(11-7-17)30(28,29)26-14-4-3-5-15-26;/h6-7,10-11,18H,2-5,8-9,12-16H2,1H3,(H,23,27)(H2,22,24,25);1H. The molecule has 1 saturated carbocycles. The average molecular weight is 564 g/mol. The van der Waals surface area contributed by atoms with Gasteiger partial charge in [-0.05, 0) is 50.3 Å². The Kier molecular flexibility index (Phi) is 10.5. The predicted molar refractivity (Wildman–Crippen MR) is 133 cm³/mol. The third-order valence-electron chi connectivity index (χ3n) is 5.30. The van der Waals surface area contributed by atoms with Gasteiger partial charge < -0.3 is 16.0 Å². The summed E-state index contributed by atoms with van der Waals surface area (Å²) in [4.78, 5) is 16.5. The number of carbonyl (C=O) groups excluding carboxylic acids is 1. The van der Waals surface area contributed by atoms with Gasteiger partial charge in [-0.25, -0.2) is 13.4 Å². The van der Waals surface area contributed by atoms with E-state index in [1.165, 1.54) is 0 Å². The number of nitrogens with zero attached hydrogens (tertiary/aromatic N) is 2. The van der Waals surface area contributed by atoms with E-state index in [0.717, 1.165) is 44.2 Å². The van der Waals surface area contributed by atoms with Crippen molar-refractivity contribution in [3.05, 3.63) is 29.8 Å². The van der Waals surface area contributed by atoms with Crippen molar-refractivity contribution in [1.29, 1.82) is 0 Å². The first-order chi connectivity index (χ1) is 14.5. The van der Waals surface area contributed by atoms with E-state index in [1.807, 2.05) is 19.1 Å². The third-order valence-corrected chi connectivity index (χ3v) is 7.22. The van der Waals surface area contributed by atoms with E-state index in [9.17, 15) is 13.2 Å². The first-order valence-corrected chi connectivity index (χ1v) is 12.3. The topological polar surface area (TPSA) is 103 Å². The van der Waals surface area contributed by atoms with Crippen LogP contribution in [0.2, 0.25) is 0 Å². The molecule has 3 rings (SSSR count). The molecule has 174 valence electrons. The molecule has 10 heteroatoms. The Labute approximate surface area is 202 Å². The van der Waals surface area contributed by atoms with Crippen LogP contribution in [-0.4, -0.2) is 57.3 Å². The molecule has 1 heterocycles. The van der Waals surface area contributed by atoms with Gasteiger partial charge in [0.1, 0.15) is 0 Å². The number of piperidine rings is 1. The molecule has 0 atom stereocenters. The fourth-order valence-corrected chi connectivity index (χ4v) is 4.91. The lowest BCUT2D eigenvalue weighted by Gasteiger charge is -2.25. The molecular formula is C21H34IN5O3S. The monoisotopic (exact) mass is 563 g/mol. The van der Waals surface area contributed by atoms with Crippen molar-refractivity contribution in [1.82, 2.24) is 20.3 Å². The number of rotatable bonds is 9. The fraction of sp³-hybridized carbons (Fsp3) is 0.619. The molecule has 1 aliphatic heterocycles. The molecule has 31 heavy (non-hydrogen) atoms. The van der Waals surface area contributed by atoms with Gasteiger partial charge in [-0.15, -0.1) is 24.0 Å². The van der Waals surface area contributed by atoms with Crippen molar-refractivity contribution in [2.75, 3.05) is 32.7 Å². The number of hydrogen-bond acceptors (Lipinski definition) is 4. The van der Waals surface area contributed by atoms with Gasteiger partial charge in [0.25, 0.3) is 0 Å². The number of hydrogen-bond donors (Lipinski definition) is 3. The second-order valence-electron chi connectivity index (χ2n) is 7.80. The van der Waals surface area contributed by atoms with E-state index in [1.54, 1.807) is 16.4 Å². The molecule has 0 radical (unpaired) electrons. The van der Waals surface area contributed by atoms with E-state index < -0.39 is 10.0 Å². The van der Waals surface area contributed by atoms with Crippen LogP contribution in [0.15, 0.2) is 34.2 Å². The van der Waals surface area contributed by atoms with Crippen LogP contribution in [0, 0.1) is 5.92 Å². The van der Waals surface area contributed by atoms with Crippen LogP contribution in [0.25, 0.3) is 0 Å². The summed E-state index contributed by atoms with van der Waals surface area (Å²) in [6.07, 6.45) is 4.95. The number of halogens is 1. The molecule has 1 saturated heterocycles. The summed E-state index contributed by atoms with van der Waals surface area (Å²) >= 11 is 0. The second kappa shape index (κ2) is 12.6. The van der Waals surface area contributed by atoms with Crippen molar-refractivity contribution in [3.63, 3.8) is 0 Å². The zero-order valence-electron chi connectivity index (χ0n) is 18.1. The Balaban J connectivity index is 0.00000341. The highest BCUT2D eigenvalue weighted by Gasteiger charge is 2.29. The number of amides is 1. The van der Waals surface area contributed by atoms with Gasteiger partial charge in [-0.2, -0.15) is 4.31 Å². The molecule has 8 nitrogen and oxygen atoms in total. The molecule has 1 aromatic carbocycles. The van der Waals surface area contributed by atoms with Crippen LogP contribution in [0.3, 0.4) is 0 Å². The summed E-state index contributed by atoms with van der Waals surface area (Å²) < 4.78 is 27.1. The minimum absolute atomic E-state index is 0. The number of nitrogens with one attached hydrogen (secondary N) is 3. The first-order valence-electron chi connectivity index (χ1n) is 10.9. The average Bonchev–Trinajstić information content (AvgIpc) is 3.61. The van der Waals surface area contributed by atoms with Gasteiger partial charge >= 0.3 is 0 Å². The molecule has 1 amide bonds. The van der Waals surface area contributed by atoms with E-state index in [-0.39, 0.29) is 35.8 Å². The second-order valence-corrected chi connectivity index (χ2v) is 9.73. The van der Waals surface area contributed by atoms with Crippen LogP contribution in [-0.2, 0) is 21.4 Å². The Hall–Kier alpha value is -1.40. The molecule has 0 spiro atoms. The zero-order valence-corrected chi connectivity index (χ0v) is 21.2. The van der Waals surface area contributed by atoms with Crippen LogP contribution >= 0.6 is 24.0 Å². The third kappa shape index (κ3) is 7.90. The Bertz CT molecular complexity index is 835. The van der Waals surface area contributed by atoms with Crippen molar-refractivity contribution >= 4 is 45.9 Å². The Morgan fingerprint density at radius 3 is 2.29 bits per heavy atom. The van der Waals surface area contributed by atoms with E-state index in [2.05, 4.69) is 20.9 Å². The maximum atomic E-state index is 12.7. The summed E-state index contributed by atoms with van der Waals surface area (Å²) in [5, 5.41) is 9.30. The molecule has 2 fully saturated rings. The summed E-state index contributed by atoms with van der Waals surface area (Å²) in [7, 11) is -3.40. The summed E-state index contributed by atoms with van der Waals surface area (Å²) in [5.74, 6) is 1.02. The summed E-state index contributed by atoms with van der Waals surface area (Å²) in [6.45, 7) is 5.52. The SMILES string of the molecule is CCNC(=NCc1ccc(S(=O)(=O)N2CCCCC2)cc1)NCCNC(=O)C1CC1.I. The first kappa shape index (κ1) is 25.9. The van der Waals surface area contributed by atoms with Gasteiger partial charge in [0.05, 0.1) is 11.4 Å². The molecule has 1 aliphatic carbocycles. The number of aliphatic imine (C=N–C) groups is 1. The minimum Gasteiger partial charge on any atom is -0.357 e. The molecule has 3 N–H and O–H groups in total. The fourth-order valence-electron chi connectivity index (χ4n) is 3.39. The van der Waals surface area contributed by atoms with E-state index in [0.29, 0.717) is 43.6 Å². The maximum absolute atomic E-state index is 12.7. The lowest BCUT2D eigenvalue weighted by molar-refractivity contribution is -0.122.